The molecule has 128 valence electrons. The van der Waals surface area contributed by atoms with Crippen LogP contribution in [0.1, 0.15) is 26.6 Å². The number of fused-ring (bicyclic) bond motifs is 3. The van der Waals surface area contributed by atoms with E-state index in [1.54, 1.807) is 6.07 Å². The van der Waals surface area contributed by atoms with Gasteiger partial charge in [0.15, 0.2) is 5.82 Å². The number of ether oxygens (including phenoxy) is 1. The lowest BCUT2D eigenvalue weighted by Crippen LogP contribution is -2.27. The number of imidazole rings is 1. The molecule has 6 nitrogen and oxygen atoms in total. The molecule has 2 aromatic heterocycles. The van der Waals surface area contributed by atoms with Crippen molar-refractivity contribution in [2.45, 2.75) is 32.9 Å². The number of nitrogens with two attached hydrogens (primary N) is 1. The molecule has 3 N–H and O–H groups in total. The third-order valence-electron chi connectivity index (χ3n) is 4.03. The smallest absolute Gasteiger partial charge is 0.152 e. The van der Waals surface area contributed by atoms with Crippen LogP contribution in [0.2, 0.25) is 5.02 Å². The minimum absolute atomic E-state index is 0.0159. The first-order valence-electron chi connectivity index (χ1n) is 7.89. The van der Waals surface area contributed by atoms with Crippen molar-refractivity contribution >= 4 is 39.4 Å². The Hall–Kier alpha value is -1.89. The van der Waals surface area contributed by atoms with Crippen molar-refractivity contribution in [3.05, 3.63) is 29.0 Å². The van der Waals surface area contributed by atoms with Gasteiger partial charge in [-0.2, -0.15) is 0 Å². The number of nitrogen functional groups attached to an aromatic ring is 1. The maximum absolute atomic E-state index is 9.55. The van der Waals surface area contributed by atoms with Crippen LogP contribution in [0.5, 0.6) is 0 Å². The summed E-state index contributed by atoms with van der Waals surface area (Å²) in [6, 6.07) is 5.49. The van der Waals surface area contributed by atoms with E-state index in [1.165, 1.54) is 0 Å². The van der Waals surface area contributed by atoms with Crippen molar-refractivity contribution in [1.82, 2.24) is 14.5 Å². The second-order valence-electron chi connectivity index (χ2n) is 6.11. The lowest BCUT2D eigenvalue weighted by Gasteiger charge is -2.25. The van der Waals surface area contributed by atoms with Gasteiger partial charge in [0.2, 0.25) is 0 Å². The summed E-state index contributed by atoms with van der Waals surface area (Å²) >= 11 is 6.08. The second-order valence-corrected chi connectivity index (χ2v) is 6.55. The molecule has 1 aromatic carbocycles. The summed E-state index contributed by atoms with van der Waals surface area (Å²) in [4.78, 5) is 9.12. The number of hydrogen-bond donors (Lipinski definition) is 2. The van der Waals surface area contributed by atoms with Gasteiger partial charge in [0, 0.05) is 23.6 Å². The molecule has 0 spiro atoms. The highest BCUT2D eigenvalue weighted by molar-refractivity contribution is 6.31. The highest BCUT2D eigenvalue weighted by atomic mass is 35.5. The average Bonchev–Trinajstić information content (AvgIpc) is 2.89. The van der Waals surface area contributed by atoms with Gasteiger partial charge in [-0.05, 0) is 39.0 Å². The van der Waals surface area contributed by atoms with Gasteiger partial charge in [-0.3, -0.25) is 0 Å². The number of aliphatic hydroxyl groups is 1. The number of nitrogens with zero attached hydrogens (tertiary/aromatic N) is 3. The molecular formula is C17H21ClN4O2. The molecule has 24 heavy (non-hydrogen) atoms. The van der Waals surface area contributed by atoms with E-state index >= 15 is 0 Å². The van der Waals surface area contributed by atoms with Gasteiger partial charge in [0.25, 0.3) is 0 Å². The van der Waals surface area contributed by atoms with E-state index in [0.29, 0.717) is 40.8 Å². The van der Waals surface area contributed by atoms with Gasteiger partial charge in [-0.1, -0.05) is 11.6 Å². The summed E-state index contributed by atoms with van der Waals surface area (Å²) in [5, 5.41) is 11.0. The van der Waals surface area contributed by atoms with Crippen LogP contribution in [0.4, 0.5) is 5.82 Å². The molecule has 0 fully saturated rings. The van der Waals surface area contributed by atoms with Crippen molar-refractivity contribution in [3.8, 4) is 0 Å². The van der Waals surface area contributed by atoms with E-state index < -0.39 is 5.60 Å². The molecule has 2 heterocycles. The summed E-state index contributed by atoms with van der Waals surface area (Å²) in [5.41, 5.74) is 7.67. The van der Waals surface area contributed by atoms with Crippen LogP contribution >= 0.6 is 11.6 Å². The van der Waals surface area contributed by atoms with Gasteiger partial charge in [-0.15, -0.1) is 0 Å². The minimum atomic E-state index is -0.617. The fourth-order valence-corrected chi connectivity index (χ4v) is 3.25. The Balaban J connectivity index is 2.41. The number of benzene rings is 1. The standard InChI is InChI=1S/C17H21ClN4O2/c1-4-24-17(2,3)16-21-13-14(22(16)7-8-23)11-6-5-10(18)9-12(11)20-15(13)19/h5-6,9,23H,4,7-8H2,1-3H3,(H2,19,20). The maximum atomic E-state index is 9.55. The van der Waals surface area contributed by atoms with Gasteiger partial charge in [0.05, 0.1) is 17.6 Å². The Labute approximate surface area is 145 Å². The van der Waals surface area contributed by atoms with Crippen LogP contribution in [0.15, 0.2) is 18.2 Å². The van der Waals surface area contributed by atoms with E-state index in [-0.39, 0.29) is 6.61 Å². The predicted molar refractivity (Wildman–Crippen MR) is 96.2 cm³/mol. The fourth-order valence-electron chi connectivity index (χ4n) is 3.09. The molecule has 0 aliphatic carbocycles. The monoisotopic (exact) mass is 348 g/mol. The van der Waals surface area contributed by atoms with Crippen LogP contribution in [-0.4, -0.2) is 32.9 Å². The zero-order valence-corrected chi connectivity index (χ0v) is 14.8. The van der Waals surface area contributed by atoms with E-state index in [2.05, 4.69) is 4.98 Å². The zero-order valence-electron chi connectivity index (χ0n) is 14.0. The molecule has 3 aromatic rings. The SMILES string of the molecule is CCOC(C)(C)c1nc2c(N)nc3cc(Cl)ccc3c2n1CCO. The van der Waals surface area contributed by atoms with Gasteiger partial charge < -0.3 is 20.1 Å². The van der Waals surface area contributed by atoms with Crippen LogP contribution < -0.4 is 5.73 Å². The van der Waals surface area contributed by atoms with Crippen molar-refractivity contribution in [2.75, 3.05) is 18.9 Å². The summed E-state index contributed by atoms with van der Waals surface area (Å²) in [7, 11) is 0. The normalized spacial score (nSPS) is 12.4. The number of halogens is 1. The first kappa shape index (κ1) is 17.0. The summed E-state index contributed by atoms with van der Waals surface area (Å²) in [6.07, 6.45) is 0. The van der Waals surface area contributed by atoms with Crippen molar-refractivity contribution in [2.24, 2.45) is 0 Å². The number of pyridine rings is 1. The Morgan fingerprint density at radius 3 is 2.75 bits per heavy atom. The van der Waals surface area contributed by atoms with Gasteiger partial charge in [0.1, 0.15) is 16.9 Å². The molecule has 0 saturated carbocycles. The molecule has 3 rings (SSSR count). The largest absolute Gasteiger partial charge is 0.395 e. The Kier molecular flexibility index (Phi) is 4.38. The van der Waals surface area contributed by atoms with Crippen molar-refractivity contribution in [3.63, 3.8) is 0 Å². The molecule has 0 amide bonds. The van der Waals surface area contributed by atoms with Gasteiger partial charge >= 0.3 is 0 Å². The van der Waals surface area contributed by atoms with Crippen LogP contribution in [-0.2, 0) is 16.9 Å². The molecule has 7 heteroatoms. The summed E-state index contributed by atoms with van der Waals surface area (Å²) < 4.78 is 7.81. The number of rotatable bonds is 5. The molecule has 0 unspecified atom stereocenters. The lowest BCUT2D eigenvalue weighted by atomic mass is 10.1. The van der Waals surface area contributed by atoms with Crippen molar-refractivity contribution in [1.29, 1.82) is 0 Å². The maximum Gasteiger partial charge on any atom is 0.152 e. The summed E-state index contributed by atoms with van der Waals surface area (Å²) in [5.74, 6) is 1.05. The Morgan fingerprint density at radius 1 is 1.33 bits per heavy atom. The van der Waals surface area contributed by atoms with Crippen LogP contribution in [0.3, 0.4) is 0 Å². The van der Waals surface area contributed by atoms with Crippen LogP contribution in [0, 0.1) is 0 Å². The summed E-state index contributed by atoms with van der Waals surface area (Å²) in [6.45, 7) is 6.78. The molecule has 0 aliphatic heterocycles. The molecule has 0 bridgehead atoms. The first-order chi connectivity index (χ1) is 11.4. The van der Waals surface area contributed by atoms with E-state index in [9.17, 15) is 5.11 Å². The number of anilines is 1. The third-order valence-corrected chi connectivity index (χ3v) is 4.27. The van der Waals surface area contributed by atoms with Crippen LogP contribution in [0.25, 0.3) is 21.9 Å². The molecule has 0 aliphatic rings. The van der Waals surface area contributed by atoms with E-state index in [0.717, 1.165) is 10.9 Å². The first-order valence-corrected chi connectivity index (χ1v) is 8.27. The average molecular weight is 349 g/mol. The molecule has 0 radical (unpaired) electrons. The molecule has 0 atom stereocenters. The Morgan fingerprint density at radius 2 is 2.08 bits per heavy atom. The second kappa shape index (κ2) is 6.20. The zero-order chi connectivity index (χ0) is 17.5. The number of aromatic nitrogens is 3. The number of aliphatic hydroxyl groups excluding tert-OH is 1. The predicted octanol–water partition coefficient (Wildman–Crippen LogP) is 3.08. The topological polar surface area (TPSA) is 86.2 Å². The third kappa shape index (κ3) is 2.70. The lowest BCUT2D eigenvalue weighted by molar-refractivity contribution is -0.0232. The fraction of sp³-hybridized carbons (Fsp3) is 0.412. The van der Waals surface area contributed by atoms with E-state index in [4.69, 9.17) is 27.1 Å². The quantitative estimate of drug-likeness (QED) is 0.740. The highest BCUT2D eigenvalue weighted by Crippen LogP contribution is 2.34. The minimum Gasteiger partial charge on any atom is -0.395 e. The van der Waals surface area contributed by atoms with Crippen molar-refractivity contribution < 1.29 is 9.84 Å². The Bertz CT molecular complexity index is 905. The highest BCUT2D eigenvalue weighted by Gasteiger charge is 2.29. The van der Waals surface area contributed by atoms with E-state index in [1.807, 2.05) is 37.5 Å². The molecule has 0 saturated heterocycles. The molecular weight excluding hydrogens is 328 g/mol. The number of hydrogen-bond acceptors (Lipinski definition) is 5. The van der Waals surface area contributed by atoms with Gasteiger partial charge in [-0.25, -0.2) is 9.97 Å².